The summed E-state index contributed by atoms with van der Waals surface area (Å²) in [6.07, 6.45) is -0.0367. The zero-order valence-corrected chi connectivity index (χ0v) is 22.3. The van der Waals surface area contributed by atoms with Gasteiger partial charge in [0.2, 0.25) is 11.8 Å². The van der Waals surface area contributed by atoms with Crippen LogP contribution in [0.4, 0.5) is 5.69 Å². The Morgan fingerprint density at radius 2 is 1.76 bits per heavy atom. The summed E-state index contributed by atoms with van der Waals surface area (Å²) < 4.78 is 5.95. The van der Waals surface area contributed by atoms with Gasteiger partial charge in [0.15, 0.2) is 12.4 Å². The molecule has 4 rings (SSSR count). The summed E-state index contributed by atoms with van der Waals surface area (Å²) in [6, 6.07) is 16.4. The number of pyridine rings is 1. The second kappa shape index (κ2) is 11.1. The number of carbonyl (C=O) groups is 4. The Kier molecular flexibility index (Phi) is 7.86. The van der Waals surface area contributed by atoms with Crippen molar-refractivity contribution in [3.05, 3.63) is 87.0 Å². The van der Waals surface area contributed by atoms with Crippen molar-refractivity contribution in [2.75, 3.05) is 11.5 Å². The molecule has 2 heterocycles. The van der Waals surface area contributed by atoms with Crippen molar-refractivity contribution in [3.8, 4) is 6.07 Å². The number of ketones is 1. The van der Waals surface area contributed by atoms with E-state index >= 15 is 0 Å². The van der Waals surface area contributed by atoms with Crippen LogP contribution in [0.15, 0.2) is 64.1 Å². The molecule has 0 N–H and O–H groups in total. The highest BCUT2D eigenvalue weighted by Gasteiger charge is 2.41. The lowest BCUT2D eigenvalue weighted by Gasteiger charge is -2.15. The number of ether oxygens (including phenoxy) is 1. The largest absolute Gasteiger partial charge is 0.454 e. The number of imide groups is 1. The summed E-state index contributed by atoms with van der Waals surface area (Å²) in [5, 5.41) is 9.20. The van der Waals surface area contributed by atoms with Crippen molar-refractivity contribution in [1.29, 1.82) is 5.26 Å². The number of rotatable bonds is 7. The summed E-state index contributed by atoms with van der Waals surface area (Å²) in [5.41, 5.74) is 2.77. The van der Waals surface area contributed by atoms with Crippen LogP contribution in [0.5, 0.6) is 0 Å². The van der Waals surface area contributed by atoms with Crippen LogP contribution >= 0.6 is 27.7 Å². The number of amides is 2. The van der Waals surface area contributed by atoms with Gasteiger partial charge in [-0.25, -0.2) is 14.7 Å². The molecule has 1 aliphatic heterocycles. The molecule has 0 spiro atoms. The Balaban J connectivity index is 1.42. The predicted molar refractivity (Wildman–Crippen MR) is 140 cm³/mol. The van der Waals surface area contributed by atoms with E-state index in [0.29, 0.717) is 27.5 Å². The molecule has 0 aliphatic carbocycles. The van der Waals surface area contributed by atoms with Crippen molar-refractivity contribution < 1.29 is 23.9 Å². The van der Waals surface area contributed by atoms with Gasteiger partial charge in [-0.2, -0.15) is 5.26 Å². The zero-order valence-electron chi connectivity index (χ0n) is 19.9. The number of Topliss-reactive ketones (excluding diaryl/α,β-unsaturated/α-hetero) is 1. The second-order valence-corrected chi connectivity index (χ2v) is 10.4. The summed E-state index contributed by atoms with van der Waals surface area (Å²) >= 11 is 4.40. The standard InChI is InChI=1S/C27H20BrN3O5S/c1-15-11-16(2)30-25(21(15)13-29)37-23-12-24(33)31(26(23)34)20-9-5-18(6-10-20)27(35)36-14-22(32)17-3-7-19(28)8-4-17/h3-11,23H,12,14H2,1-2H3. The number of benzene rings is 2. The number of nitrogens with zero attached hydrogens (tertiary/aromatic N) is 3. The maximum Gasteiger partial charge on any atom is 0.338 e. The van der Waals surface area contributed by atoms with Crippen LogP contribution < -0.4 is 4.90 Å². The lowest BCUT2D eigenvalue weighted by atomic mass is 10.1. The monoisotopic (exact) mass is 577 g/mol. The smallest absolute Gasteiger partial charge is 0.338 e. The number of aromatic nitrogens is 1. The fraction of sp³-hybridized carbons (Fsp3) is 0.185. The Bertz CT molecular complexity index is 1450. The first kappa shape index (κ1) is 26.3. The molecular weight excluding hydrogens is 558 g/mol. The third kappa shape index (κ3) is 5.79. The Morgan fingerprint density at radius 3 is 2.41 bits per heavy atom. The van der Waals surface area contributed by atoms with Crippen LogP contribution in [0.3, 0.4) is 0 Å². The molecule has 1 aliphatic rings. The summed E-state index contributed by atoms with van der Waals surface area (Å²) in [4.78, 5) is 55.9. The minimum Gasteiger partial charge on any atom is -0.454 e. The van der Waals surface area contributed by atoms with E-state index in [1.54, 1.807) is 44.2 Å². The normalized spacial score (nSPS) is 15.0. The van der Waals surface area contributed by atoms with Crippen molar-refractivity contribution in [2.45, 2.75) is 30.5 Å². The maximum atomic E-state index is 13.1. The number of hydrogen-bond acceptors (Lipinski definition) is 8. The number of thioether (sulfide) groups is 1. The fourth-order valence-electron chi connectivity index (χ4n) is 3.81. The van der Waals surface area contributed by atoms with E-state index in [2.05, 4.69) is 27.0 Å². The van der Waals surface area contributed by atoms with Crippen LogP contribution in [-0.2, 0) is 14.3 Å². The van der Waals surface area contributed by atoms with Gasteiger partial charge in [0.05, 0.1) is 22.1 Å². The molecule has 1 atom stereocenters. The topological polar surface area (TPSA) is 117 Å². The number of halogens is 1. The molecule has 1 saturated heterocycles. The van der Waals surface area contributed by atoms with E-state index in [-0.39, 0.29) is 23.7 Å². The molecule has 3 aromatic rings. The number of anilines is 1. The quantitative estimate of drug-likeness (QED) is 0.223. The van der Waals surface area contributed by atoms with Crippen LogP contribution in [0.2, 0.25) is 0 Å². The van der Waals surface area contributed by atoms with Gasteiger partial charge in [-0.15, -0.1) is 0 Å². The van der Waals surface area contributed by atoms with Crippen LogP contribution in [-0.4, -0.2) is 40.4 Å². The Hall–Kier alpha value is -3.81. The molecule has 37 heavy (non-hydrogen) atoms. The number of carbonyl (C=O) groups excluding carboxylic acids is 4. The van der Waals surface area contributed by atoms with Gasteiger partial charge >= 0.3 is 5.97 Å². The first-order valence-electron chi connectivity index (χ1n) is 11.2. The Morgan fingerprint density at radius 1 is 1.11 bits per heavy atom. The van der Waals surface area contributed by atoms with E-state index in [9.17, 15) is 24.4 Å². The highest BCUT2D eigenvalue weighted by Crippen LogP contribution is 2.35. The van der Waals surface area contributed by atoms with Gasteiger partial charge in [-0.1, -0.05) is 39.8 Å². The van der Waals surface area contributed by atoms with Crippen molar-refractivity contribution >= 4 is 56.9 Å². The molecule has 2 aromatic carbocycles. The highest BCUT2D eigenvalue weighted by molar-refractivity contribution is 9.10. The predicted octanol–water partition coefficient (Wildman–Crippen LogP) is 4.80. The SMILES string of the molecule is Cc1cc(C)c(C#N)c(SC2CC(=O)N(c3ccc(C(=O)OCC(=O)c4ccc(Br)cc4)cc3)C2=O)n1. The van der Waals surface area contributed by atoms with Gasteiger partial charge in [0.1, 0.15) is 11.1 Å². The molecule has 0 radical (unpaired) electrons. The van der Waals surface area contributed by atoms with Gasteiger partial charge in [0.25, 0.3) is 0 Å². The molecule has 186 valence electrons. The molecular formula is C27H20BrN3O5S. The first-order chi connectivity index (χ1) is 17.7. The molecule has 2 amide bonds. The first-order valence-corrected chi connectivity index (χ1v) is 12.8. The minimum atomic E-state index is -0.720. The molecule has 0 saturated carbocycles. The lowest BCUT2D eigenvalue weighted by molar-refractivity contribution is -0.121. The molecule has 1 fully saturated rings. The third-order valence-corrected chi connectivity index (χ3v) is 7.34. The number of nitriles is 1. The molecule has 8 nitrogen and oxygen atoms in total. The summed E-state index contributed by atoms with van der Waals surface area (Å²) in [5.74, 6) is -1.85. The third-order valence-electron chi connectivity index (χ3n) is 5.64. The Labute approximate surface area is 225 Å². The van der Waals surface area contributed by atoms with Crippen molar-refractivity contribution in [2.24, 2.45) is 0 Å². The van der Waals surface area contributed by atoms with E-state index in [1.165, 1.54) is 24.3 Å². The van der Waals surface area contributed by atoms with Crippen LogP contribution in [0.25, 0.3) is 0 Å². The van der Waals surface area contributed by atoms with Crippen LogP contribution in [0, 0.1) is 25.2 Å². The summed E-state index contributed by atoms with van der Waals surface area (Å²) in [7, 11) is 0. The van der Waals surface area contributed by atoms with E-state index in [0.717, 1.165) is 26.7 Å². The average Bonchev–Trinajstić information content (AvgIpc) is 3.15. The summed E-state index contributed by atoms with van der Waals surface area (Å²) in [6.45, 7) is 3.19. The van der Waals surface area contributed by atoms with Gasteiger partial charge in [0, 0.05) is 22.2 Å². The van der Waals surface area contributed by atoms with E-state index < -0.39 is 23.7 Å². The van der Waals surface area contributed by atoms with E-state index in [1.807, 2.05) is 0 Å². The molecule has 0 bridgehead atoms. The number of hydrogen-bond donors (Lipinski definition) is 0. The number of aryl methyl sites for hydroxylation is 2. The van der Waals surface area contributed by atoms with Crippen LogP contribution in [0.1, 0.15) is 44.0 Å². The second-order valence-electron chi connectivity index (χ2n) is 8.30. The van der Waals surface area contributed by atoms with Crippen molar-refractivity contribution in [3.63, 3.8) is 0 Å². The molecule has 10 heteroatoms. The molecule has 1 aromatic heterocycles. The molecule has 1 unspecified atom stereocenters. The lowest BCUT2D eigenvalue weighted by Crippen LogP contribution is -2.31. The minimum absolute atomic E-state index is 0.0367. The van der Waals surface area contributed by atoms with Gasteiger partial charge in [-0.05, 0) is 61.9 Å². The zero-order chi connectivity index (χ0) is 26.7. The maximum absolute atomic E-state index is 13.1. The van der Waals surface area contributed by atoms with Crippen molar-refractivity contribution in [1.82, 2.24) is 4.98 Å². The van der Waals surface area contributed by atoms with Gasteiger partial charge in [-0.3, -0.25) is 14.4 Å². The average molecular weight is 578 g/mol. The highest BCUT2D eigenvalue weighted by atomic mass is 79.9. The van der Waals surface area contributed by atoms with E-state index in [4.69, 9.17) is 4.74 Å². The van der Waals surface area contributed by atoms with Gasteiger partial charge < -0.3 is 4.74 Å². The number of esters is 1. The fourth-order valence-corrected chi connectivity index (χ4v) is 5.29.